The third-order valence-electron chi connectivity index (χ3n) is 2.52. The van der Waals surface area contributed by atoms with Crippen LogP contribution >= 0.6 is 11.6 Å². The van der Waals surface area contributed by atoms with E-state index in [2.05, 4.69) is 5.32 Å². The Morgan fingerprint density at radius 2 is 2.50 bits per heavy atom. The summed E-state index contributed by atoms with van der Waals surface area (Å²) in [6.07, 6.45) is 3.37. The number of nitrogens with one attached hydrogen (secondary N) is 1. The molecule has 2 atom stereocenters. The minimum absolute atomic E-state index is 0.0273. The SMILES string of the molecule is CCC(CCCl)NC(=O)C1CCCO1. The highest BCUT2D eigenvalue weighted by Gasteiger charge is 2.24. The molecular formula is C10H18ClNO2. The van der Waals surface area contributed by atoms with Crippen LogP contribution in [0.5, 0.6) is 0 Å². The first-order valence-electron chi connectivity index (χ1n) is 5.25. The van der Waals surface area contributed by atoms with E-state index in [1.165, 1.54) is 0 Å². The van der Waals surface area contributed by atoms with Gasteiger partial charge in [-0.2, -0.15) is 0 Å². The van der Waals surface area contributed by atoms with E-state index in [9.17, 15) is 4.79 Å². The van der Waals surface area contributed by atoms with E-state index >= 15 is 0 Å². The van der Waals surface area contributed by atoms with Crippen LogP contribution in [0.15, 0.2) is 0 Å². The molecule has 4 heteroatoms. The smallest absolute Gasteiger partial charge is 0.249 e. The Bertz CT molecular complexity index is 181. The molecule has 2 unspecified atom stereocenters. The molecule has 0 saturated carbocycles. The van der Waals surface area contributed by atoms with Gasteiger partial charge in [-0.05, 0) is 25.7 Å². The monoisotopic (exact) mass is 219 g/mol. The number of rotatable bonds is 5. The minimum atomic E-state index is -0.223. The first kappa shape index (κ1) is 11.8. The molecule has 1 saturated heterocycles. The van der Waals surface area contributed by atoms with Crippen molar-refractivity contribution >= 4 is 17.5 Å². The van der Waals surface area contributed by atoms with Crippen LogP contribution in [0.25, 0.3) is 0 Å². The summed E-state index contributed by atoms with van der Waals surface area (Å²) < 4.78 is 5.29. The predicted octanol–water partition coefficient (Wildman–Crippen LogP) is 1.69. The summed E-state index contributed by atoms with van der Waals surface area (Å²) >= 11 is 5.64. The van der Waals surface area contributed by atoms with Crippen molar-refractivity contribution in [3.05, 3.63) is 0 Å². The molecule has 0 radical (unpaired) electrons. The molecule has 0 aromatic carbocycles. The molecule has 0 aromatic heterocycles. The minimum Gasteiger partial charge on any atom is -0.368 e. The van der Waals surface area contributed by atoms with Crippen molar-refractivity contribution in [2.75, 3.05) is 12.5 Å². The van der Waals surface area contributed by atoms with Crippen molar-refractivity contribution in [2.24, 2.45) is 0 Å². The van der Waals surface area contributed by atoms with E-state index in [-0.39, 0.29) is 18.1 Å². The fourth-order valence-corrected chi connectivity index (χ4v) is 1.85. The van der Waals surface area contributed by atoms with Gasteiger partial charge in [-0.25, -0.2) is 0 Å². The molecule has 1 N–H and O–H groups in total. The van der Waals surface area contributed by atoms with Crippen molar-refractivity contribution in [3.8, 4) is 0 Å². The Hall–Kier alpha value is -0.280. The Labute approximate surface area is 90.1 Å². The van der Waals surface area contributed by atoms with Gasteiger partial charge in [0.15, 0.2) is 0 Å². The third kappa shape index (κ3) is 3.46. The summed E-state index contributed by atoms with van der Waals surface area (Å²) in [7, 11) is 0. The fraction of sp³-hybridized carbons (Fsp3) is 0.900. The average molecular weight is 220 g/mol. The van der Waals surface area contributed by atoms with E-state index in [0.29, 0.717) is 12.5 Å². The topological polar surface area (TPSA) is 38.3 Å². The molecule has 1 rings (SSSR count). The predicted molar refractivity (Wildman–Crippen MR) is 56.5 cm³/mol. The highest BCUT2D eigenvalue weighted by Crippen LogP contribution is 2.12. The maximum Gasteiger partial charge on any atom is 0.249 e. The van der Waals surface area contributed by atoms with Gasteiger partial charge in [0.1, 0.15) is 6.10 Å². The van der Waals surface area contributed by atoms with Crippen LogP contribution in [0, 0.1) is 0 Å². The van der Waals surface area contributed by atoms with Gasteiger partial charge >= 0.3 is 0 Å². The standard InChI is InChI=1S/C10H18ClNO2/c1-2-8(5-6-11)12-10(13)9-4-3-7-14-9/h8-9H,2-7H2,1H3,(H,12,13). The first-order valence-corrected chi connectivity index (χ1v) is 5.79. The molecule has 0 aliphatic carbocycles. The van der Waals surface area contributed by atoms with Crippen molar-refractivity contribution in [2.45, 2.75) is 44.8 Å². The summed E-state index contributed by atoms with van der Waals surface area (Å²) in [6, 6.07) is 0.198. The number of halogens is 1. The van der Waals surface area contributed by atoms with Crippen LogP contribution in [0.3, 0.4) is 0 Å². The summed E-state index contributed by atoms with van der Waals surface area (Å²) in [4.78, 5) is 11.6. The lowest BCUT2D eigenvalue weighted by Crippen LogP contribution is -2.41. The van der Waals surface area contributed by atoms with Gasteiger partial charge in [0.05, 0.1) is 0 Å². The number of hydrogen-bond donors (Lipinski definition) is 1. The van der Waals surface area contributed by atoms with Gasteiger partial charge in [-0.15, -0.1) is 11.6 Å². The molecule has 1 amide bonds. The van der Waals surface area contributed by atoms with Gasteiger partial charge in [0.2, 0.25) is 5.91 Å². The number of alkyl halides is 1. The van der Waals surface area contributed by atoms with Gasteiger partial charge < -0.3 is 10.1 Å². The van der Waals surface area contributed by atoms with E-state index < -0.39 is 0 Å². The molecule has 1 fully saturated rings. The number of amides is 1. The highest BCUT2D eigenvalue weighted by molar-refractivity contribution is 6.17. The van der Waals surface area contributed by atoms with Crippen LogP contribution in [0.4, 0.5) is 0 Å². The van der Waals surface area contributed by atoms with Gasteiger partial charge in [-0.3, -0.25) is 4.79 Å². The zero-order valence-electron chi connectivity index (χ0n) is 8.59. The Balaban J connectivity index is 2.29. The average Bonchev–Trinajstić information content (AvgIpc) is 2.69. The van der Waals surface area contributed by atoms with Crippen molar-refractivity contribution in [1.29, 1.82) is 0 Å². The van der Waals surface area contributed by atoms with Gasteiger partial charge in [-0.1, -0.05) is 6.92 Å². The van der Waals surface area contributed by atoms with Crippen molar-refractivity contribution in [3.63, 3.8) is 0 Å². The quantitative estimate of drug-likeness (QED) is 0.715. The lowest BCUT2D eigenvalue weighted by molar-refractivity contribution is -0.130. The third-order valence-corrected chi connectivity index (χ3v) is 2.74. The maximum absolute atomic E-state index is 11.6. The van der Waals surface area contributed by atoms with Gasteiger partial charge in [0, 0.05) is 18.5 Å². The van der Waals surface area contributed by atoms with Crippen LogP contribution < -0.4 is 5.32 Å². The Kier molecular flexibility index (Phi) is 5.26. The lowest BCUT2D eigenvalue weighted by atomic mass is 10.1. The zero-order chi connectivity index (χ0) is 10.4. The molecule has 82 valence electrons. The maximum atomic E-state index is 11.6. The number of carbonyl (C=O) groups is 1. The molecule has 0 bridgehead atoms. The molecule has 14 heavy (non-hydrogen) atoms. The van der Waals surface area contributed by atoms with Crippen LogP contribution in [-0.4, -0.2) is 30.5 Å². The highest BCUT2D eigenvalue weighted by atomic mass is 35.5. The second-order valence-corrected chi connectivity index (χ2v) is 3.97. The Morgan fingerprint density at radius 3 is 3.00 bits per heavy atom. The second-order valence-electron chi connectivity index (χ2n) is 3.59. The lowest BCUT2D eigenvalue weighted by Gasteiger charge is -2.18. The number of ether oxygens (including phenoxy) is 1. The van der Waals surface area contributed by atoms with E-state index in [1.807, 2.05) is 6.92 Å². The second kappa shape index (κ2) is 6.25. The largest absolute Gasteiger partial charge is 0.368 e. The number of carbonyl (C=O) groups excluding carboxylic acids is 1. The van der Waals surface area contributed by atoms with Crippen LogP contribution in [0.1, 0.15) is 32.6 Å². The van der Waals surface area contributed by atoms with Gasteiger partial charge in [0.25, 0.3) is 0 Å². The summed E-state index contributed by atoms with van der Waals surface area (Å²) in [5.74, 6) is 0.615. The van der Waals surface area contributed by atoms with E-state index in [0.717, 1.165) is 25.7 Å². The van der Waals surface area contributed by atoms with Crippen molar-refractivity contribution in [1.82, 2.24) is 5.32 Å². The summed E-state index contributed by atoms with van der Waals surface area (Å²) in [5, 5.41) is 2.96. The fourth-order valence-electron chi connectivity index (χ4n) is 1.59. The summed E-state index contributed by atoms with van der Waals surface area (Å²) in [6.45, 7) is 2.76. The normalized spacial score (nSPS) is 23.4. The molecule has 3 nitrogen and oxygen atoms in total. The van der Waals surface area contributed by atoms with E-state index in [4.69, 9.17) is 16.3 Å². The number of hydrogen-bond acceptors (Lipinski definition) is 2. The molecular weight excluding hydrogens is 202 g/mol. The van der Waals surface area contributed by atoms with Crippen molar-refractivity contribution < 1.29 is 9.53 Å². The zero-order valence-corrected chi connectivity index (χ0v) is 9.35. The van der Waals surface area contributed by atoms with Crippen LogP contribution in [-0.2, 0) is 9.53 Å². The molecule has 1 aliphatic rings. The molecule has 0 aromatic rings. The molecule has 1 heterocycles. The molecule has 1 aliphatic heterocycles. The summed E-state index contributed by atoms with van der Waals surface area (Å²) in [5.41, 5.74) is 0. The first-order chi connectivity index (χ1) is 6.77. The molecule has 0 spiro atoms. The van der Waals surface area contributed by atoms with Crippen LogP contribution in [0.2, 0.25) is 0 Å². The Morgan fingerprint density at radius 1 is 1.71 bits per heavy atom. The van der Waals surface area contributed by atoms with E-state index in [1.54, 1.807) is 0 Å².